The van der Waals surface area contributed by atoms with Crippen LogP contribution in [0.4, 0.5) is 0 Å². The van der Waals surface area contributed by atoms with Crippen LogP contribution >= 0.6 is 0 Å². The van der Waals surface area contributed by atoms with Gasteiger partial charge in [0.15, 0.2) is 0 Å². The monoisotopic (exact) mass is 277 g/mol. The van der Waals surface area contributed by atoms with Crippen LogP contribution in [0.15, 0.2) is 0 Å². The summed E-state index contributed by atoms with van der Waals surface area (Å²) in [6.07, 6.45) is 4.24. The largest absolute Gasteiger partial charge is 0.344 e. The molecular formula is C16H27N3O. The Hall–Kier alpha value is -0.610. The van der Waals surface area contributed by atoms with Crippen LogP contribution in [0.3, 0.4) is 0 Å². The van der Waals surface area contributed by atoms with Gasteiger partial charge in [0.2, 0.25) is 5.91 Å². The molecule has 1 aliphatic heterocycles. The molecule has 0 aromatic rings. The van der Waals surface area contributed by atoms with Gasteiger partial charge in [0.25, 0.3) is 0 Å². The maximum absolute atomic E-state index is 12.6. The third-order valence-electron chi connectivity index (χ3n) is 6.36. The van der Waals surface area contributed by atoms with Gasteiger partial charge in [-0.1, -0.05) is 0 Å². The number of fused-ring (bicyclic) bond motifs is 5. The van der Waals surface area contributed by atoms with Gasteiger partial charge < -0.3 is 10.2 Å². The van der Waals surface area contributed by atoms with E-state index in [9.17, 15) is 4.79 Å². The first-order valence-electron chi connectivity index (χ1n) is 8.44. The van der Waals surface area contributed by atoms with Gasteiger partial charge in [-0.2, -0.15) is 0 Å². The summed E-state index contributed by atoms with van der Waals surface area (Å²) < 4.78 is 0. The predicted octanol–water partition coefficient (Wildman–Crippen LogP) is 0.642. The Bertz CT molecular complexity index is 377. The lowest BCUT2D eigenvalue weighted by atomic mass is 10.0. The molecule has 2 bridgehead atoms. The Kier molecular flexibility index (Phi) is 3.26. The minimum atomic E-state index is 0.411. The maximum Gasteiger partial charge on any atom is 0.226 e. The summed E-state index contributed by atoms with van der Waals surface area (Å²) in [6, 6.07) is 0. The summed E-state index contributed by atoms with van der Waals surface area (Å²) in [4.78, 5) is 17.1. The first kappa shape index (κ1) is 13.1. The molecular weight excluding hydrogens is 250 g/mol. The van der Waals surface area contributed by atoms with Crippen LogP contribution in [0.25, 0.3) is 0 Å². The molecule has 0 spiro atoms. The van der Waals surface area contributed by atoms with E-state index in [0.717, 1.165) is 62.9 Å². The molecule has 4 aliphatic rings. The van der Waals surface area contributed by atoms with Crippen LogP contribution in [-0.2, 0) is 4.79 Å². The number of carbonyl (C=O) groups is 1. The van der Waals surface area contributed by atoms with Crippen molar-refractivity contribution in [3.05, 3.63) is 0 Å². The molecule has 1 heterocycles. The van der Waals surface area contributed by atoms with Crippen molar-refractivity contribution in [3.8, 4) is 0 Å². The molecule has 1 N–H and O–H groups in total. The second-order valence-electron chi connectivity index (χ2n) is 7.37. The van der Waals surface area contributed by atoms with Gasteiger partial charge in [0.1, 0.15) is 0 Å². The first-order valence-corrected chi connectivity index (χ1v) is 8.44. The zero-order valence-corrected chi connectivity index (χ0v) is 12.6. The van der Waals surface area contributed by atoms with Crippen molar-refractivity contribution in [2.24, 2.45) is 29.6 Å². The molecule has 1 amide bonds. The van der Waals surface area contributed by atoms with E-state index in [1.54, 1.807) is 0 Å². The average Bonchev–Trinajstić information content (AvgIpc) is 2.92. The van der Waals surface area contributed by atoms with E-state index < -0.39 is 0 Å². The van der Waals surface area contributed by atoms with E-state index in [0.29, 0.717) is 11.8 Å². The molecule has 4 heteroatoms. The van der Waals surface area contributed by atoms with E-state index >= 15 is 0 Å². The smallest absolute Gasteiger partial charge is 0.226 e. The van der Waals surface area contributed by atoms with Gasteiger partial charge in [-0.15, -0.1) is 0 Å². The van der Waals surface area contributed by atoms with Crippen molar-refractivity contribution < 1.29 is 4.79 Å². The molecule has 4 unspecified atom stereocenters. The lowest BCUT2D eigenvalue weighted by Gasteiger charge is -2.29. The average molecular weight is 277 g/mol. The molecule has 112 valence electrons. The third kappa shape index (κ3) is 2.08. The summed E-state index contributed by atoms with van der Waals surface area (Å²) in [5, 5.41) is 3.37. The molecule has 0 radical (unpaired) electrons. The number of carbonyl (C=O) groups excluding carboxylic acids is 1. The van der Waals surface area contributed by atoms with E-state index in [4.69, 9.17) is 0 Å². The molecule has 20 heavy (non-hydrogen) atoms. The number of piperazine rings is 1. The van der Waals surface area contributed by atoms with E-state index in [1.165, 1.54) is 19.3 Å². The lowest BCUT2D eigenvalue weighted by molar-refractivity contribution is -0.132. The SMILES string of the molecule is CN(CCN1CCNCC1)C(=O)C1C2C3CCC(C3)C12. The fourth-order valence-electron chi connectivity index (χ4n) is 5.25. The van der Waals surface area contributed by atoms with Crippen LogP contribution < -0.4 is 5.32 Å². The molecule has 4 nitrogen and oxygen atoms in total. The van der Waals surface area contributed by atoms with Gasteiger partial charge in [0.05, 0.1) is 0 Å². The lowest BCUT2D eigenvalue weighted by Crippen LogP contribution is -2.46. The van der Waals surface area contributed by atoms with Crippen LogP contribution in [0, 0.1) is 29.6 Å². The summed E-state index contributed by atoms with van der Waals surface area (Å²) in [6.45, 7) is 6.38. The van der Waals surface area contributed by atoms with Crippen molar-refractivity contribution in [1.82, 2.24) is 15.1 Å². The highest BCUT2D eigenvalue weighted by Crippen LogP contribution is 2.69. The zero-order valence-electron chi connectivity index (χ0n) is 12.6. The van der Waals surface area contributed by atoms with Crippen molar-refractivity contribution in [2.75, 3.05) is 46.3 Å². The molecule has 4 rings (SSSR count). The minimum absolute atomic E-state index is 0.411. The Labute approximate surface area is 121 Å². The fourth-order valence-corrected chi connectivity index (χ4v) is 5.25. The van der Waals surface area contributed by atoms with Crippen LogP contribution in [0.5, 0.6) is 0 Å². The molecule has 3 saturated carbocycles. The molecule has 0 aromatic carbocycles. The minimum Gasteiger partial charge on any atom is -0.344 e. The summed E-state index contributed by atoms with van der Waals surface area (Å²) in [5.74, 6) is 4.23. The molecule has 4 atom stereocenters. The van der Waals surface area contributed by atoms with Gasteiger partial charge in [-0.25, -0.2) is 0 Å². The highest BCUT2D eigenvalue weighted by molar-refractivity contribution is 5.82. The van der Waals surface area contributed by atoms with Crippen molar-refractivity contribution in [2.45, 2.75) is 19.3 Å². The number of likely N-dealkylation sites (N-methyl/N-ethyl adjacent to an activating group) is 1. The quantitative estimate of drug-likeness (QED) is 0.819. The number of hydrogen-bond acceptors (Lipinski definition) is 3. The van der Waals surface area contributed by atoms with Gasteiger partial charge in [0, 0.05) is 52.2 Å². The Morgan fingerprint density at radius 2 is 1.85 bits per heavy atom. The van der Waals surface area contributed by atoms with Gasteiger partial charge in [-0.3, -0.25) is 9.69 Å². The molecule has 4 fully saturated rings. The number of rotatable bonds is 4. The van der Waals surface area contributed by atoms with E-state index in [2.05, 4.69) is 10.2 Å². The second kappa shape index (κ2) is 4.99. The summed E-state index contributed by atoms with van der Waals surface area (Å²) in [5.41, 5.74) is 0. The normalized spacial score (nSPS) is 42.5. The molecule has 3 aliphatic carbocycles. The van der Waals surface area contributed by atoms with Crippen LogP contribution in [0.1, 0.15) is 19.3 Å². The molecule has 0 aromatic heterocycles. The van der Waals surface area contributed by atoms with E-state index in [-0.39, 0.29) is 0 Å². The maximum atomic E-state index is 12.6. The standard InChI is InChI=1S/C16H27N3O/c1-18(8-9-19-6-4-17-5-7-19)16(20)15-13-11-2-3-12(10-11)14(13)15/h11-15,17H,2-10H2,1H3. The van der Waals surface area contributed by atoms with Gasteiger partial charge >= 0.3 is 0 Å². The Morgan fingerprint density at radius 1 is 1.20 bits per heavy atom. The van der Waals surface area contributed by atoms with Crippen LogP contribution in [-0.4, -0.2) is 62.0 Å². The summed E-state index contributed by atoms with van der Waals surface area (Å²) in [7, 11) is 2.01. The van der Waals surface area contributed by atoms with Gasteiger partial charge in [-0.05, 0) is 42.9 Å². The Morgan fingerprint density at radius 3 is 2.50 bits per heavy atom. The second-order valence-corrected chi connectivity index (χ2v) is 7.37. The highest BCUT2D eigenvalue weighted by atomic mass is 16.2. The topological polar surface area (TPSA) is 35.6 Å². The number of hydrogen-bond donors (Lipinski definition) is 1. The number of amides is 1. The van der Waals surface area contributed by atoms with Crippen molar-refractivity contribution in [1.29, 1.82) is 0 Å². The highest BCUT2D eigenvalue weighted by Gasteiger charge is 2.67. The third-order valence-corrected chi connectivity index (χ3v) is 6.36. The molecule has 1 saturated heterocycles. The van der Waals surface area contributed by atoms with Crippen molar-refractivity contribution in [3.63, 3.8) is 0 Å². The van der Waals surface area contributed by atoms with E-state index in [1.807, 2.05) is 11.9 Å². The Balaban J connectivity index is 1.27. The predicted molar refractivity (Wildman–Crippen MR) is 78.2 cm³/mol. The fraction of sp³-hybridized carbons (Fsp3) is 0.938. The number of nitrogens with one attached hydrogen (secondary N) is 1. The van der Waals surface area contributed by atoms with Crippen molar-refractivity contribution >= 4 is 5.91 Å². The summed E-state index contributed by atoms with van der Waals surface area (Å²) >= 11 is 0. The van der Waals surface area contributed by atoms with Crippen LogP contribution in [0.2, 0.25) is 0 Å². The number of nitrogens with zero attached hydrogens (tertiary/aromatic N) is 2. The zero-order chi connectivity index (χ0) is 13.7. The first-order chi connectivity index (χ1) is 9.75.